The van der Waals surface area contributed by atoms with Crippen LogP contribution in [-0.2, 0) is 10.0 Å². The van der Waals surface area contributed by atoms with E-state index in [-0.39, 0.29) is 12.1 Å². The van der Waals surface area contributed by atoms with Crippen LogP contribution >= 0.6 is 0 Å². The Morgan fingerprint density at radius 1 is 1.24 bits per heavy atom. The van der Waals surface area contributed by atoms with E-state index in [9.17, 15) is 8.42 Å². The van der Waals surface area contributed by atoms with Gasteiger partial charge in [-0.2, -0.15) is 0 Å². The van der Waals surface area contributed by atoms with Crippen LogP contribution in [0.15, 0.2) is 29.2 Å². The van der Waals surface area contributed by atoms with E-state index in [1.165, 1.54) is 12.8 Å². The minimum absolute atomic E-state index is 0.0704. The minimum atomic E-state index is -3.45. The van der Waals surface area contributed by atoms with Crippen LogP contribution < -0.4 is 10.5 Å². The van der Waals surface area contributed by atoms with Gasteiger partial charge in [-0.25, -0.2) is 13.1 Å². The van der Waals surface area contributed by atoms with E-state index in [0.29, 0.717) is 4.90 Å². The molecule has 1 fully saturated rings. The number of rotatable bonds is 5. The first-order valence-electron chi connectivity index (χ1n) is 7.91. The van der Waals surface area contributed by atoms with Gasteiger partial charge in [-0.05, 0) is 37.0 Å². The van der Waals surface area contributed by atoms with Crippen LogP contribution in [0, 0.1) is 0 Å². The fourth-order valence-electron chi connectivity index (χ4n) is 2.83. The third-order valence-corrected chi connectivity index (χ3v) is 5.73. The lowest BCUT2D eigenvalue weighted by atomic mass is 10.1. The fraction of sp³-hybridized carbons (Fsp3) is 0.625. The number of nitrogens with one attached hydrogen (secondary N) is 1. The summed E-state index contributed by atoms with van der Waals surface area (Å²) in [6.45, 7) is 2.00. The molecule has 0 aliphatic heterocycles. The summed E-state index contributed by atoms with van der Waals surface area (Å²) >= 11 is 0. The minimum Gasteiger partial charge on any atom is -0.324 e. The first kappa shape index (κ1) is 16.5. The molecule has 1 aromatic rings. The van der Waals surface area contributed by atoms with Gasteiger partial charge in [-0.3, -0.25) is 0 Å². The maximum atomic E-state index is 12.5. The van der Waals surface area contributed by atoms with Crippen molar-refractivity contribution >= 4 is 10.0 Å². The molecule has 0 radical (unpaired) electrons. The normalized spacial score (nSPS) is 19.1. The molecule has 1 aromatic carbocycles. The molecule has 0 heterocycles. The molecule has 21 heavy (non-hydrogen) atoms. The predicted molar refractivity (Wildman–Crippen MR) is 85.5 cm³/mol. The van der Waals surface area contributed by atoms with Crippen molar-refractivity contribution in [2.75, 3.05) is 0 Å². The fourth-order valence-corrected chi connectivity index (χ4v) is 4.19. The van der Waals surface area contributed by atoms with E-state index in [1.807, 2.05) is 13.0 Å². The summed E-state index contributed by atoms with van der Waals surface area (Å²) in [5.74, 6) is 0. The van der Waals surface area contributed by atoms with Gasteiger partial charge in [0, 0.05) is 12.1 Å². The number of hydrogen-bond donors (Lipinski definition) is 2. The molecular weight excluding hydrogens is 284 g/mol. The van der Waals surface area contributed by atoms with Crippen molar-refractivity contribution in [3.05, 3.63) is 29.8 Å². The second-order valence-corrected chi connectivity index (χ2v) is 7.61. The van der Waals surface area contributed by atoms with Crippen LogP contribution in [0.25, 0.3) is 0 Å². The summed E-state index contributed by atoms with van der Waals surface area (Å²) in [6, 6.07) is 6.96. The molecule has 1 aliphatic rings. The van der Waals surface area contributed by atoms with E-state index in [4.69, 9.17) is 5.73 Å². The number of hydrogen-bond acceptors (Lipinski definition) is 3. The molecule has 1 aliphatic carbocycles. The van der Waals surface area contributed by atoms with Crippen LogP contribution in [0.2, 0.25) is 0 Å². The van der Waals surface area contributed by atoms with Crippen LogP contribution in [0.5, 0.6) is 0 Å². The summed E-state index contributed by atoms with van der Waals surface area (Å²) in [7, 11) is -3.45. The third-order valence-electron chi connectivity index (χ3n) is 4.21. The number of sulfonamides is 1. The molecule has 2 rings (SSSR count). The van der Waals surface area contributed by atoms with Crippen molar-refractivity contribution in [3.63, 3.8) is 0 Å². The Morgan fingerprint density at radius 3 is 2.52 bits per heavy atom. The Balaban J connectivity index is 2.14. The van der Waals surface area contributed by atoms with Crippen molar-refractivity contribution in [2.45, 2.75) is 68.8 Å². The van der Waals surface area contributed by atoms with Crippen molar-refractivity contribution in [1.29, 1.82) is 0 Å². The molecule has 118 valence electrons. The summed E-state index contributed by atoms with van der Waals surface area (Å²) in [5.41, 5.74) is 6.87. The lowest BCUT2D eigenvalue weighted by Gasteiger charge is -2.17. The molecule has 3 N–H and O–H groups in total. The maximum absolute atomic E-state index is 12.5. The zero-order valence-electron chi connectivity index (χ0n) is 12.7. The molecule has 0 amide bonds. The summed E-state index contributed by atoms with van der Waals surface area (Å²) < 4.78 is 27.9. The van der Waals surface area contributed by atoms with Gasteiger partial charge in [-0.1, -0.05) is 44.7 Å². The van der Waals surface area contributed by atoms with Crippen LogP contribution in [0.3, 0.4) is 0 Å². The zero-order chi connectivity index (χ0) is 15.3. The Morgan fingerprint density at radius 2 is 1.90 bits per heavy atom. The standard InChI is InChI=1S/C16H26N2O2S/c1-2-16(17)13-8-7-11-15(12-13)21(19,20)18-14-9-5-3-4-6-10-14/h7-8,11-12,14,16,18H,2-6,9-10,17H2,1H3. The first-order valence-corrected chi connectivity index (χ1v) is 9.39. The highest BCUT2D eigenvalue weighted by Gasteiger charge is 2.21. The second-order valence-electron chi connectivity index (χ2n) is 5.90. The van der Waals surface area contributed by atoms with Crippen molar-refractivity contribution in [3.8, 4) is 0 Å². The third kappa shape index (κ3) is 4.53. The van der Waals surface area contributed by atoms with Crippen LogP contribution in [0.1, 0.15) is 63.5 Å². The summed E-state index contributed by atoms with van der Waals surface area (Å²) in [6.07, 6.45) is 7.29. The largest absolute Gasteiger partial charge is 0.324 e. The van der Waals surface area contributed by atoms with E-state index >= 15 is 0 Å². The lowest BCUT2D eigenvalue weighted by molar-refractivity contribution is 0.510. The topological polar surface area (TPSA) is 72.2 Å². The van der Waals surface area contributed by atoms with Crippen LogP contribution in [0.4, 0.5) is 0 Å². The Bertz CT molecular complexity index is 549. The summed E-state index contributed by atoms with van der Waals surface area (Å²) in [4.78, 5) is 0.327. The van der Waals surface area contributed by atoms with Gasteiger partial charge in [0.15, 0.2) is 0 Å². The SMILES string of the molecule is CCC(N)c1cccc(S(=O)(=O)NC2CCCCCC2)c1. The summed E-state index contributed by atoms with van der Waals surface area (Å²) in [5, 5.41) is 0. The molecule has 1 saturated carbocycles. The van der Waals surface area contributed by atoms with Gasteiger partial charge in [-0.15, -0.1) is 0 Å². The van der Waals surface area contributed by atoms with Gasteiger partial charge in [0.1, 0.15) is 0 Å². The quantitative estimate of drug-likeness (QED) is 0.821. The number of benzene rings is 1. The van der Waals surface area contributed by atoms with E-state index in [0.717, 1.165) is 37.7 Å². The maximum Gasteiger partial charge on any atom is 0.240 e. The zero-order valence-corrected chi connectivity index (χ0v) is 13.5. The molecule has 1 atom stereocenters. The smallest absolute Gasteiger partial charge is 0.240 e. The first-order chi connectivity index (χ1) is 10.0. The van der Waals surface area contributed by atoms with Crippen molar-refractivity contribution in [1.82, 2.24) is 4.72 Å². The molecule has 4 nitrogen and oxygen atoms in total. The Labute approximate surface area is 128 Å². The van der Waals surface area contributed by atoms with E-state index in [1.54, 1.807) is 18.2 Å². The van der Waals surface area contributed by atoms with Gasteiger partial charge in [0.2, 0.25) is 10.0 Å². The highest BCUT2D eigenvalue weighted by atomic mass is 32.2. The molecule has 0 spiro atoms. The molecule has 0 saturated heterocycles. The highest BCUT2D eigenvalue weighted by Crippen LogP contribution is 2.21. The van der Waals surface area contributed by atoms with Crippen molar-refractivity contribution < 1.29 is 8.42 Å². The average Bonchev–Trinajstić information content (AvgIpc) is 2.74. The molecule has 0 aromatic heterocycles. The monoisotopic (exact) mass is 310 g/mol. The number of nitrogens with two attached hydrogens (primary N) is 1. The van der Waals surface area contributed by atoms with Crippen molar-refractivity contribution in [2.24, 2.45) is 5.73 Å². The van der Waals surface area contributed by atoms with Gasteiger partial charge in [0.05, 0.1) is 4.90 Å². The van der Waals surface area contributed by atoms with Gasteiger partial charge < -0.3 is 5.73 Å². The molecular formula is C16H26N2O2S. The molecule has 5 heteroatoms. The lowest BCUT2D eigenvalue weighted by Crippen LogP contribution is -2.34. The van der Waals surface area contributed by atoms with Crippen LogP contribution in [-0.4, -0.2) is 14.5 Å². The van der Waals surface area contributed by atoms with E-state index < -0.39 is 10.0 Å². The second kappa shape index (κ2) is 7.38. The van der Waals surface area contributed by atoms with Gasteiger partial charge in [0.25, 0.3) is 0 Å². The predicted octanol–water partition coefficient (Wildman–Crippen LogP) is 3.10. The average molecular weight is 310 g/mol. The highest BCUT2D eigenvalue weighted by molar-refractivity contribution is 7.89. The van der Waals surface area contributed by atoms with E-state index in [2.05, 4.69) is 4.72 Å². The van der Waals surface area contributed by atoms with Gasteiger partial charge >= 0.3 is 0 Å². The Hall–Kier alpha value is -0.910. The molecule has 1 unspecified atom stereocenters. The molecule has 0 bridgehead atoms. The Kier molecular flexibility index (Phi) is 5.79.